The monoisotopic (exact) mass is 398 g/mol. The van der Waals surface area contributed by atoms with Crippen molar-refractivity contribution in [3.05, 3.63) is 51.9 Å². The Balaban J connectivity index is 1.47. The second-order valence-corrected chi connectivity index (χ2v) is 9.24. The van der Waals surface area contributed by atoms with E-state index in [0.717, 1.165) is 29.5 Å². The third-order valence-corrected chi connectivity index (χ3v) is 6.04. The molecule has 0 bridgehead atoms. The Morgan fingerprint density at radius 1 is 1.07 bits per heavy atom. The molecule has 0 spiro atoms. The first kappa shape index (κ1) is 20.2. The molecule has 0 unspecified atom stereocenters. The number of hydrogen-bond donors (Lipinski definition) is 0. The molecule has 2 saturated heterocycles. The van der Waals surface area contributed by atoms with Crippen molar-refractivity contribution < 1.29 is 18.6 Å². The molecule has 2 aromatic rings. The van der Waals surface area contributed by atoms with Crippen LogP contribution in [0.1, 0.15) is 53.0 Å². The summed E-state index contributed by atoms with van der Waals surface area (Å²) in [4.78, 5) is 11.8. The molecule has 0 amide bonds. The van der Waals surface area contributed by atoms with Crippen LogP contribution < -0.4 is 10.4 Å². The van der Waals surface area contributed by atoms with Crippen molar-refractivity contribution in [1.29, 1.82) is 0 Å². The highest BCUT2D eigenvalue weighted by molar-refractivity contribution is 5.82. The van der Waals surface area contributed by atoms with Crippen LogP contribution in [0.3, 0.4) is 0 Å². The molecule has 1 aromatic heterocycles. The first-order valence-corrected chi connectivity index (χ1v) is 10.4. The molecule has 29 heavy (non-hydrogen) atoms. The molecule has 1 aromatic carbocycles. The second-order valence-electron chi connectivity index (χ2n) is 9.24. The Kier molecular flexibility index (Phi) is 5.07. The van der Waals surface area contributed by atoms with Crippen LogP contribution in [0.5, 0.6) is 5.75 Å². The molecular formula is C24H30O5. The van der Waals surface area contributed by atoms with Crippen LogP contribution in [0.25, 0.3) is 11.0 Å². The van der Waals surface area contributed by atoms with Crippen LogP contribution >= 0.6 is 0 Å². The van der Waals surface area contributed by atoms with Gasteiger partial charge in [0.05, 0.1) is 23.4 Å². The average Bonchev–Trinajstić information content (AvgIpc) is 3.47. The summed E-state index contributed by atoms with van der Waals surface area (Å²) < 4.78 is 23.0. The fourth-order valence-electron chi connectivity index (χ4n) is 3.78. The lowest BCUT2D eigenvalue weighted by Gasteiger charge is -2.12. The zero-order valence-corrected chi connectivity index (χ0v) is 17.9. The summed E-state index contributed by atoms with van der Waals surface area (Å²) >= 11 is 0. The molecular weight excluding hydrogens is 368 g/mol. The van der Waals surface area contributed by atoms with Gasteiger partial charge in [-0.3, -0.25) is 0 Å². The molecule has 2 fully saturated rings. The van der Waals surface area contributed by atoms with Gasteiger partial charge in [0.15, 0.2) is 0 Å². The highest BCUT2D eigenvalue weighted by atomic mass is 16.6. The molecule has 2 atom stereocenters. The van der Waals surface area contributed by atoms with Crippen molar-refractivity contribution >= 4 is 11.0 Å². The SMILES string of the molecule is CC(=CCOc1ccc2ccc(=O)oc2c1C[C@@H]1OC1(C)C)CC[C@H]1OC1(C)C. The first-order chi connectivity index (χ1) is 13.7. The highest BCUT2D eigenvalue weighted by Gasteiger charge is 2.48. The van der Waals surface area contributed by atoms with E-state index in [1.54, 1.807) is 6.07 Å². The van der Waals surface area contributed by atoms with E-state index >= 15 is 0 Å². The van der Waals surface area contributed by atoms with Gasteiger partial charge in [0.1, 0.15) is 17.9 Å². The Bertz CT molecular complexity index is 998. The maximum atomic E-state index is 11.8. The molecule has 4 rings (SSSR count). The number of hydrogen-bond acceptors (Lipinski definition) is 5. The summed E-state index contributed by atoms with van der Waals surface area (Å²) in [6.45, 7) is 11.0. The number of fused-ring (bicyclic) bond motifs is 1. The minimum atomic E-state index is -0.354. The van der Waals surface area contributed by atoms with Crippen LogP contribution in [0, 0.1) is 0 Å². The van der Waals surface area contributed by atoms with E-state index in [2.05, 4.69) is 40.7 Å². The van der Waals surface area contributed by atoms with E-state index < -0.39 is 0 Å². The van der Waals surface area contributed by atoms with Gasteiger partial charge in [-0.2, -0.15) is 0 Å². The smallest absolute Gasteiger partial charge is 0.336 e. The fraction of sp³-hybridized carbons (Fsp3) is 0.542. The highest BCUT2D eigenvalue weighted by Crippen LogP contribution is 2.41. The summed E-state index contributed by atoms with van der Waals surface area (Å²) in [5, 5.41) is 0.893. The minimum absolute atomic E-state index is 0.0410. The third-order valence-electron chi connectivity index (χ3n) is 6.04. The van der Waals surface area contributed by atoms with Crippen LogP contribution in [0.4, 0.5) is 0 Å². The second kappa shape index (κ2) is 7.29. The van der Waals surface area contributed by atoms with Crippen molar-refractivity contribution in [2.45, 2.75) is 77.3 Å². The third kappa shape index (κ3) is 4.57. The van der Waals surface area contributed by atoms with Gasteiger partial charge in [-0.1, -0.05) is 5.57 Å². The summed E-state index contributed by atoms with van der Waals surface area (Å²) in [6.07, 6.45) is 5.27. The zero-order chi connectivity index (χ0) is 20.8. The average molecular weight is 398 g/mol. The fourth-order valence-corrected chi connectivity index (χ4v) is 3.78. The Hall–Kier alpha value is -2.11. The van der Waals surface area contributed by atoms with E-state index in [4.69, 9.17) is 18.6 Å². The summed E-state index contributed by atoms with van der Waals surface area (Å²) in [5.41, 5.74) is 2.32. The summed E-state index contributed by atoms with van der Waals surface area (Å²) in [5.74, 6) is 0.744. The van der Waals surface area contributed by atoms with Gasteiger partial charge in [0.25, 0.3) is 0 Å². The molecule has 0 N–H and O–H groups in total. The Morgan fingerprint density at radius 2 is 1.72 bits per heavy atom. The van der Waals surface area contributed by atoms with E-state index in [9.17, 15) is 4.79 Å². The molecule has 2 aliphatic rings. The lowest BCUT2D eigenvalue weighted by molar-refractivity contribution is 0.319. The molecule has 5 heteroatoms. The van der Waals surface area contributed by atoms with Crippen LogP contribution in [-0.4, -0.2) is 30.0 Å². The van der Waals surface area contributed by atoms with E-state index in [0.29, 0.717) is 24.7 Å². The topological polar surface area (TPSA) is 64.5 Å². The largest absolute Gasteiger partial charge is 0.489 e. The van der Waals surface area contributed by atoms with Crippen molar-refractivity contribution in [2.75, 3.05) is 6.61 Å². The van der Waals surface area contributed by atoms with Gasteiger partial charge in [-0.15, -0.1) is 0 Å². The minimum Gasteiger partial charge on any atom is -0.489 e. The maximum absolute atomic E-state index is 11.8. The van der Waals surface area contributed by atoms with Gasteiger partial charge in [0, 0.05) is 23.4 Å². The van der Waals surface area contributed by atoms with Crippen LogP contribution in [0.15, 0.2) is 45.1 Å². The van der Waals surface area contributed by atoms with Gasteiger partial charge in [-0.25, -0.2) is 4.79 Å². The van der Waals surface area contributed by atoms with Gasteiger partial charge >= 0.3 is 5.63 Å². The maximum Gasteiger partial charge on any atom is 0.336 e. The standard InChI is InChI=1S/C24H30O5/c1-15(6-10-19-23(2,3)28-19)12-13-26-18-9-7-16-8-11-21(25)27-22(16)17(18)14-20-24(4,5)29-20/h7-9,11-12,19-20H,6,10,13-14H2,1-5H3/t19-,20+/m1/s1. The normalized spacial score (nSPS) is 24.5. The van der Waals surface area contributed by atoms with Crippen molar-refractivity contribution in [3.8, 4) is 5.75 Å². The first-order valence-electron chi connectivity index (χ1n) is 10.4. The zero-order valence-electron chi connectivity index (χ0n) is 17.9. The van der Waals surface area contributed by atoms with Crippen molar-refractivity contribution in [1.82, 2.24) is 0 Å². The van der Waals surface area contributed by atoms with E-state index in [1.165, 1.54) is 11.6 Å². The van der Waals surface area contributed by atoms with E-state index in [-0.39, 0.29) is 22.9 Å². The number of epoxide rings is 2. The van der Waals surface area contributed by atoms with Crippen molar-refractivity contribution in [3.63, 3.8) is 0 Å². The predicted octanol–water partition coefficient (Wildman–Crippen LogP) is 4.80. The summed E-state index contributed by atoms with van der Waals surface area (Å²) in [6, 6.07) is 7.12. The predicted molar refractivity (Wildman–Crippen MR) is 113 cm³/mol. The lowest BCUT2D eigenvalue weighted by atomic mass is 10.00. The van der Waals surface area contributed by atoms with E-state index in [1.807, 2.05) is 12.1 Å². The molecule has 0 aliphatic carbocycles. The van der Waals surface area contributed by atoms with Gasteiger partial charge in [-0.05, 0) is 71.7 Å². The van der Waals surface area contributed by atoms with Crippen molar-refractivity contribution in [2.24, 2.45) is 0 Å². The van der Waals surface area contributed by atoms with Gasteiger partial charge < -0.3 is 18.6 Å². The Morgan fingerprint density at radius 3 is 2.38 bits per heavy atom. The molecule has 3 heterocycles. The quantitative estimate of drug-likeness (QED) is 0.363. The molecule has 156 valence electrons. The Labute approximate surface area is 171 Å². The van der Waals surface area contributed by atoms with Crippen LogP contribution in [0.2, 0.25) is 0 Å². The van der Waals surface area contributed by atoms with Crippen LogP contribution in [-0.2, 0) is 15.9 Å². The number of allylic oxidation sites excluding steroid dienone is 1. The number of ether oxygens (including phenoxy) is 3. The summed E-state index contributed by atoms with van der Waals surface area (Å²) in [7, 11) is 0. The molecule has 2 aliphatic heterocycles. The number of rotatable bonds is 8. The number of benzene rings is 1. The molecule has 0 saturated carbocycles. The molecule has 5 nitrogen and oxygen atoms in total. The lowest BCUT2D eigenvalue weighted by Crippen LogP contribution is -2.09. The van der Waals surface area contributed by atoms with Gasteiger partial charge in [0.2, 0.25) is 0 Å². The molecule has 0 radical (unpaired) electrons.